The van der Waals surface area contributed by atoms with Crippen molar-refractivity contribution in [2.24, 2.45) is 0 Å². The molecule has 0 saturated carbocycles. The fourth-order valence-corrected chi connectivity index (χ4v) is 3.33. The number of allylic oxidation sites excluding steroid dienone is 1. The molecule has 0 radical (unpaired) electrons. The summed E-state index contributed by atoms with van der Waals surface area (Å²) in [4.78, 5) is 11.2. The third-order valence-corrected chi connectivity index (χ3v) is 4.84. The van der Waals surface area contributed by atoms with E-state index in [1.807, 2.05) is 0 Å². The molecule has 24 heavy (non-hydrogen) atoms. The molecule has 126 valence electrons. The molecule has 0 saturated heterocycles. The van der Waals surface area contributed by atoms with Crippen LogP contribution >= 0.6 is 15.9 Å². The molecule has 1 aromatic heterocycles. The van der Waals surface area contributed by atoms with Gasteiger partial charge in [-0.1, -0.05) is 22.0 Å². The second-order valence-corrected chi connectivity index (χ2v) is 6.35. The highest BCUT2D eigenvalue weighted by molar-refractivity contribution is 9.10. The summed E-state index contributed by atoms with van der Waals surface area (Å²) in [7, 11) is 0. The van der Waals surface area contributed by atoms with Crippen molar-refractivity contribution in [1.82, 2.24) is 5.32 Å². The highest BCUT2D eigenvalue weighted by Crippen LogP contribution is 2.42. The van der Waals surface area contributed by atoms with Gasteiger partial charge in [0.1, 0.15) is 34.4 Å². The maximum atomic E-state index is 14.4. The maximum absolute atomic E-state index is 14.4. The summed E-state index contributed by atoms with van der Waals surface area (Å²) in [5, 5.41) is 2.61. The van der Waals surface area contributed by atoms with Crippen molar-refractivity contribution in [2.75, 3.05) is 0 Å². The number of carbonyl (C=O) groups excluding carboxylic acids is 1. The minimum absolute atomic E-state index is 0.0556. The van der Waals surface area contributed by atoms with Crippen molar-refractivity contribution in [3.63, 3.8) is 0 Å². The second kappa shape index (κ2) is 6.49. The quantitative estimate of drug-likeness (QED) is 0.798. The van der Waals surface area contributed by atoms with Crippen LogP contribution in [-0.4, -0.2) is 10.7 Å². The molecule has 4 nitrogen and oxygen atoms in total. The molecule has 0 bridgehead atoms. The summed E-state index contributed by atoms with van der Waals surface area (Å²) in [5.74, 6) is -1.56. The number of hydrogen-bond acceptors (Lipinski definition) is 3. The van der Waals surface area contributed by atoms with Crippen molar-refractivity contribution in [3.05, 3.63) is 71.3 Å². The van der Waals surface area contributed by atoms with E-state index < -0.39 is 28.0 Å². The molecule has 0 spiro atoms. The van der Waals surface area contributed by atoms with Crippen molar-refractivity contribution < 1.29 is 22.7 Å². The number of rotatable bonds is 4. The summed E-state index contributed by atoms with van der Waals surface area (Å²) in [6, 6.07) is 6.87. The molecule has 7 heteroatoms. The third-order valence-electron chi connectivity index (χ3n) is 3.74. The summed E-state index contributed by atoms with van der Waals surface area (Å²) in [6.45, 7) is 1.57. The number of carbonyl (C=O) groups is 1. The van der Waals surface area contributed by atoms with Crippen molar-refractivity contribution in [1.29, 1.82) is 0 Å². The molecule has 1 N–H and O–H groups in total. The fourth-order valence-electron chi connectivity index (χ4n) is 2.73. The number of benzene rings is 1. The lowest BCUT2D eigenvalue weighted by Gasteiger charge is -2.38. The second-order valence-electron chi connectivity index (χ2n) is 5.44. The molecule has 2 aromatic rings. The Kier molecular flexibility index (Phi) is 4.56. The number of amides is 1. The van der Waals surface area contributed by atoms with Crippen LogP contribution in [0.15, 0.2) is 52.8 Å². The van der Waals surface area contributed by atoms with Gasteiger partial charge in [0.2, 0.25) is 5.91 Å². The molecule has 0 aliphatic carbocycles. The van der Waals surface area contributed by atoms with Crippen LogP contribution in [0.25, 0.3) is 0 Å². The van der Waals surface area contributed by atoms with Gasteiger partial charge in [-0.25, -0.2) is 8.78 Å². The van der Waals surface area contributed by atoms with E-state index in [1.165, 1.54) is 18.4 Å². The lowest BCUT2D eigenvalue weighted by atomic mass is 9.85. The Morgan fingerprint density at radius 1 is 1.29 bits per heavy atom. The zero-order valence-corrected chi connectivity index (χ0v) is 14.3. The minimum Gasteiger partial charge on any atom is -0.467 e. The summed E-state index contributed by atoms with van der Waals surface area (Å²) < 4.78 is 40.0. The van der Waals surface area contributed by atoms with E-state index in [4.69, 9.17) is 9.15 Å². The minimum atomic E-state index is -1.64. The zero-order chi connectivity index (χ0) is 17.3. The Balaban J connectivity index is 2.13. The number of furan rings is 1. The lowest BCUT2D eigenvalue weighted by Crippen LogP contribution is -2.51. The van der Waals surface area contributed by atoms with Crippen molar-refractivity contribution in [2.45, 2.75) is 24.0 Å². The van der Waals surface area contributed by atoms with Crippen LogP contribution in [0.1, 0.15) is 18.2 Å². The molecule has 1 aliphatic rings. The first-order chi connectivity index (χ1) is 11.4. The van der Waals surface area contributed by atoms with Crippen molar-refractivity contribution >= 4 is 21.8 Å². The van der Waals surface area contributed by atoms with Crippen LogP contribution in [0.3, 0.4) is 0 Å². The smallest absolute Gasteiger partial charge is 0.241 e. The molecule has 1 aliphatic heterocycles. The Hall–Kier alpha value is -1.99. The van der Waals surface area contributed by atoms with E-state index in [0.29, 0.717) is 11.5 Å². The average molecular weight is 398 g/mol. The van der Waals surface area contributed by atoms with Crippen LogP contribution in [0.2, 0.25) is 0 Å². The number of ether oxygens (including phenoxy) is 1. The Bertz CT molecular complexity index is 771. The van der Waals surface area contributed by atoms with Gasteiger partial charge in [0.25, 0.3) is 0 Å². The van der Waals surface area contributed by atoms with Crippen LogP contribution in [0, 0.1) is 11.6 Å². The first-order valence-electron chi connectivity index (χ1n) is 7.19. The number of nitrogens with one attached hydrogen (secondary N) is 1. The Morgan fingerprint density at radius 3 is 2.62 bits per heavy atom. The molecule has 2 atom stereocenters. The number of halogens is 3. The van der Waals surface area contributed by atoms with Gasteiger partial charge in [-0.05, 0) is 37.3 Å². The van der Waals surface area contributed by atoms with E-state index in [-0.39, 0.29) is 12.2 Å². The van der Waals surface area contributed by atoms with E-state index in [9.17, 15) is 13.6 Å². The van der Waals surface area contributed by atoms with E-state index in [2.05, 4.69) is 21.2 Å². The van der Waals surface area contributed by atoms with Crippen LogP contribution in [-0.2, 0) is 21.7 Å². The van der Waals surface area contributed by atoms with Gasteiger partial charge in [0, 0.05) is 5.70 Å². The molecule has 1 amide bonds. The van der Waals surface area contributed by atoms with E-state index in [1.54, 1.807) is 19.1 Å². The maximum Gasteiger partial charge on any atom is 0.241 e. The third kappa shape index (κ3) is 2.89. The van der Waals surface area contributed by atoms with E-state index >= 15 is 0 Å². The number of hydrogen-bond donors (Lipinski definition) is 1. The SMILES string of the molecule is CC1=CC(OCc2ccco2)(c2c(F)cccc2F)C(Br)C(=O)N1. The molecule has 3 rings (SSSR count). The monoisotopic (exact) mass is 397 g/mol. The topological polar surface area (TPSA) is 51.5 Å². The molecule has 2 unspecified atom stereocenters. The average Bonchev–Trinajstić information content (AvgIpc) is 3.03. The van der Waals surface area contributed by atoms with Crippen LogP contribution in [0.5, 0.6) is 0 Å². The Morgan fingerprint density at radius 2 is 2.00 bits per heavy atom. The van der Waals surface area contributed by atoms with Crippen LogP contribution < -0.4 is 5.32 Å². The van der Waals surface area contributed by atoms with Crippen molar-refractivity contribution in [3.8, 4) is 0 Å². The van der Waals surface area contributed by atoms with Gasteiger partial charge in [-0.2, -0.15) is 0 Å². The number of alkyl halides is 1. The molecule has 1 aromatic carbocycles. The summed E-state index contributed by atoms with van der Waals surface area (Å²) in [6.07, 6.45) is 2.97. The highest BCUT2D eigenvalue weighted by atomic mass is 79.9. The fraction of sp³-hybridized carbons (Fsp3) is 0.235. The van der Waals surface area contributed by atoms with Gasteiger partial charge in [0.15, 0.2) is 0 Å². The largest absolute Gasteiger partial charge is 0.467 e. The zero-order valence-electron chi connectivity index (χ0n) is 12.7. The normalized spacial score (nSPS) is 23.8. The predicted molar refractivity (Wildman–Crippen MR) is 86.1 cm³/mol. The van der Waals surface area contributed by atoms with Gasteiger partial charge in [0.05, 0.1) is 11.8 Å². The van der Waals surface area contributed by atoms with E-state index in [0.717, 1.165) is 12.1 Å². The van der Waals surface area contributed by atoms with Crippen LogP contribution in [0.4, 0.5) is 8.78 Å². The molecular formula is C17H14BrF2NO3. The highest BCUT2D eigenvalue weighted by Gasteiger charge is 2.49. The first kappa shape index (κ1) is 16.9. The molecule has 0 fully saturated rings. The summed E-state index contributed by atoms with van der Waals surface area (Å²) >= 11 is 3.23. The lowest BCUT2D eigenvalue weighted by molar-refractivity contribution is -0.128. The van der Waals surface area contributed by atoms with Gasteiger partial charge >= 0.3 is 0 Å². The summed E-state index contributed by atoms with van der Waals surface area (Å²) in [5.41, 5.74) is -1.53. The standard InChI is InChI=1S/C17H14BrF2NO3/c1-10-8-17(15(18)16(22)21-10,24-9-11-4-3-7-23-11)14-12(19)5-2-6-13(14)20/h2-8,15H,9H2,1H3,(H,21,22). The molecule has 2 heterocycles. The van der Waals surface area contributed by atoms with Gasteiger partial charge in [-0.3, -0.25) is 4.79 Å². The Labute approximate surface area is 145 Å². The van der Waals surface area contributed by atoms with Gasteiger partial charge < -0.3 is 14.5 Å². The molecular weight excluding hydrogens is 384 g/mol. The predicted octanol–water partition coefficient (Wildman–Crippen LogP) is 3.77. The first-order valence-corrected chi connectivity index (χ1v) is 8.11. The van der Waals surface area contributed by atoms with Gasteiger partial charge in [-0.15, -0.1) is 0 Å².